The third-order valence-corrected chi connectivity index (χ3v) is 3.88. The van der Waals surface area contributed by atoms with Gasteiger partial charge in [-0.3, -0.25) is 0 Å². The summed E-state index contributed by atoms with van der Waals surface area (Å²) < 4.78 is 10.9. The first kappa shape index (κ1) is 14.0. The molecule has 1 rings (SSSR count). The summed E-state index contributed by atoms with van der Waals surface area (Å²) in [6.45, 7) is 4.27. The molecule has 2 N–H and O–H groups in total. The molecule has 94 valence electrons. The fourth-order valence-electron chi connectivity index (χ4n) is 2.76. The highest BCUT2D eigenvalue weighted by Crippen LogP contribution is 2.40. The van der Waals surface area contributed by atoms with Crippen LogP contribution in [0.2, 0.25) is 0 Å². The normalized spacial score (nSPS) is 41.2. The lowest BCUT2D eigenvalue weighted by molar-refractivity contribution is -0.141. The molecule has 16 heavy (non-hydrogen) atoms. The first-order valence-electron chi connectivity index (χ1n) is 5.99. The summed E-state index contributed by atoms with van der Waals surface area (Å²) >= 11 is 0. The van der Waals surface area contributed by atoms with Crippen molar-refractivity contribution in [1.82, 2.24) is 0 Å². The van der Waals surface area contributed by atoms with Crippen LogP contribution in [0.4, 0.5) is 0 Å². The summed E-state index contributed by atoms with van der Waals surface area (Å²) in [5.74, 6) is 0.0583. The summed E-state index contributed by atoms with van der Waals surface area (Å²) in [5.41, 5.74) is -0.865. The van der Waals surface area contributed by atoms with Crippen molar-refractivity contribution in [3.63, 3.8) is 0 Å². The maximum Gasteiger partial charge on any atom is 0.139 e. The number of methoxy groups -OCH3 is 1. The van der Waals surface area contributed by atoms with Crippen molar-refractivity contribution in [2.45, 2.75) is 38.0 Å². The van der Waals surface area contributed by atoms with Gasteiger partial charge in [-0.1, -0.05) is 13.8 Å². The van der Waals surface area contributed by atoms with Gasteiger partial charge in [-0.05, 0) is 6.42 Å². The molecule has 0 spiro atoms. The van der Waals surface area contributed by atoms with Crippen LogP contribution in [0.1, 0.15) is 20.3 Å². The largest absolute Gasteiger partial charge is 0.393 e. The van der Waals surface area contributed by atoms with Crippen LogP contribution >= 0.6 is 0 Å². The van der Waals surface area contributed by atoms with Gasteiger partial charge in [0.25, 0.3) is 0 Å². The van der Waals surface area contributed by atoms with E-state index in [1.165, 1.54) is 0 Å². The zero-order chi connectivity index (χ0) is 12.3. The highest BCUT2D eigenvalue weighted by atomic mass is 16.5. The number of hydrogen-bond acceptors (Lipinski definition) is 4. The Morgan fingerprint density at radius 1 is 1.56 bits per heavy atom. The minimum absolute atomic E-state index is 0.0218. The average Bonchev–Trinajstić information content (AvgIpc) is 2.51. The Kier molecular flexibility index (Phi) is 4.80. The molecule has 5 heteroatoms. The average molecular weight is 230 g/mol. The number of aliphatic hydroxyl groups excluding tert-OH is 2. The Hall–Kier alpha value is -0.0951. The van der Waals surface area contributed by atoms with E-state index < -0.39 is 11.7 Å². The predicted octanol–water partition coefficient (Wildman–Crippen LogP) is -0.624. The van der Waals surface area contributed by atoms with E-state index >= 15 is 0 Å². The second-order valence-electron chi connectivity index (χ2n) is 4.81. The van der Waals surface area contributed by atoms with Gasteiger partial charge >= 0.3 is 0 Å². The van der Waals surface area contributed by atoms with Crippen LogP contribution in [0.15, 0.2) is 0 Å². The molecule has 0 bridgehead atoms. The molecule has 1 fully saturated rings. The van der Waals surface area contributed by atoms with E-state index in [2.05, 4.69) is 0 Å². The van der Waals surface area contributed by atoms with Crippen molar-refractivity contribution < 1.29 is 19.7 Å². The molecule has 0 aromatic rings. The molecule has 0 aromatic heterocycles. The van der Waals surface area contributed by atoms with Crippen LogP contribution in [0.25, 0.3) is 0 Å². The van der Waals surface area contributed by atoms with E-state index in [9.17, 15) is 10.2 Å². The zero-order valence-electron chi connectivity index (χ0n) is 10.6. The smallest absolute Gasteiger partial charge is 0.139 e. The van der Waals surface area contributed by atoms with Crippen LogP contribution in [-0.2, 0) is 9.47 Å². The lowest BCUT2D eigenvalue weighted by atomic mass is 9.77. The number of hydrogen-bond donors (Lipinski definition) is 2. The molecule has 1 aliphatic rings. The topological polar surface area (TPSA) is 58.9 Å². The Bertz CT molecular complexity index is 226. The van der Waals surface area contributed by atoms with Crippen molar-refractivity contribution in [3.05, 3.63) is 0 Å². The Labute approximate surface area is 98.4 Å². The predicted molar refractivity (Wildman–Crippen MR) is 64.1 cm³/mol. The minimum Gasteiger partial charge on any atom is -0.393 e. The van der Waals surface area contributed by atoms with Crippen LogP contribution in [0, 0.1) is 11.8 Å². The SMILES string of the molecule is B[C@@H]1O[C@@](CO)([C@@H](C)COC)[C@@H](O)[C@H]1CC. The van der Waals surface area contributed by atoms with Crippen molar-refractivity contribution in [3.8, 4) is 0 Å². The molecule has 1 heterocycles. The molecule has 4 nitrogen and oxygen atoms in total. The van der Waals surface area contributed by atoms with Crippen LogP contribution in [0.5, 0.6) is 0 Å². The Morgan fingerprint density at radius 3 is 2.56 bits per heavy atom. The first-order valence-corrected chi connectivity index (χ1v) is 5.99. The van der Waals surface area contributed by atoms with Gasteiger partial charge < -0.3 is 19.7 Å². The van der Waals surface area contributed by atoms with E-state index in [-0.39, 0.29) is 24.4 Å². The monoisotopic (exact) mass is 230 g/mol. The second-order valence-corrected chi connectivity index (χ2v) is 4.81. The van der Waals surface area contributed by atoms with Crippen molar-refractivity contribution >= 4 is 7.85 Å². The second kappa shape index (κ2) is 5.49. The third-order valence-electron chi connectivity index (χ3n) is 3.88. The molecule has 5 atom stereocenters. The minimum atomic E-state index is -0.865. The molecule has 0 unspecified atom stereocenters. The fourth-order valence-corrected chi connectivity index (χ4v) is 2.76. The van der Waals surface area contributed by atoms with Gasteiger partial charge in [0, 0.05) is 24.9 Å². The van der Waals surface area contributed by atoms with Crippen molar-refractivity contribution in [2.24, 2.45) is 11.8 Å². The molecule has 0 saturated carbocycles. The molecule has 1 aliphatic heterocycles. The Morgan fingerprint density at radius 2 is 2.19 bits per heavy atom. The van der Waals surface area contributed by atoms with Crippen molar-refractivity contribution in [1.29, 1.82) is 0 Å². The molecule has 0 radical (unpaired) electrons. The number of aliphatic hydroxyl groups is 2. The van der Waals surface area contributed by atoms with E-state index in [1.807, 2.05) is 21.7 Å². The van der Waals surface area contributed by atoms with Gasteiger partial charge in [0.2, 0.25) is 0 Å². The lowest BCUT2D eigenvalue weighted by Gasteiger charge is -2.36. The zero-order valence-corrected chi connectivity index (χ0v) is 10.6. The number of rotatable bonds is 5. The van der Waals surface area contributed by atoms with Gasteiger partial charge in [0.15, 0.2) is 0 Å². The molecular weight excluding hydrogens is 207 g/mol. The standard InChI is InChI=1S/C11H23BO4/c1-4-8-9(14)11(6-13,16-10(8)12)7(2)5-15-3/h7-10,13-14H,4-6,12H2,1-3H3/t7-,8+,9-,10+,11-/m0/s1. The van der Waals surface area contributed by atoms with Crippen LogP contribution in [0.3, 0.4) is 0 Å². The maximum absolute atomic E-state index is 10.3. The van der Waals surface area contributed by atoms with Crippen LogP contribution in [-0.4, -0.2) is 56.1 Å². The highest BCUT2D eigenvalue weighted by Gasteiger charge is 2.54. The summed E-state index contributed by atoms with van der Waals surface area (Å²) in [7, 11) is 3.57. The van der Waals surface area contributed by atoms with Crippen LogP contribution < -0.4 is 0 Å². The lowest BCUT2D eigenvalue weighted by Crippen LogP contribution is -2.51. The molecule has 0 aliphatic carbocycles. The summed E-state index contributed by atoms with van der Waals surface area (Å²) in [5, 5.41) is 19.9. The summed E-state index contributed by atoms with van der Waals surface area (Å²) in [4.78, 5) is 0. The number of ether oxygens (including phenoxy) is 2. The summed E-state index contributed by atoms with van der Waals surface area (Å²) in [6, 6.07) is -0.0218. The molecule has 0 aromatic carbocycles. The van der Waals surface area contributed by atoms with E-state index in [1.54, 1.807) is 7.11 Å². The van der Waals surface area contributed by atoms with Gasteiger partial charge in [-0.15, -0.1) is 0 Å². The van der Waals surface area contributed by atoms with Gasteiger partial charge in [0.1, 0.15) is 13.4 Å². The van der Waals surface area contributed by atoms with Crippen molar-refractivity contribution in [2.75, 3.05) is 20.3 Å². The third kappa shape index (κ3) is 2.14. The molecule has 1 saturated heterocycles. The highest BCUT2D eigenvalue weighted by molar-refractivity contribution is 6.11. The Balaban J connectivity index is 2.88. The van der Waals surface area contributed by atoms with E-state index in [0.717, 1.165) is 6.42 Å². The molecule has 0 amide bonds. The molecular formula is C11H23BO4. The maximum atomic E-state index is 10.3. The van der Waals surface area contributed by atoms with E-state index in [0.29, 0.717) is 6.61 Å². The van der Waals surface area contributed by atoms with Gasteiger partial charge in [-0.2, -0.15) is 0 Å². The first-order chi connectivity index (χ1) is 7.53. The fraction of sp³-hybridized carbons (Fsp3) is 1.00. The van der Waals surface area contributed by atoms with E-state index in [4.69, 9.17) is 9.47 Å². The van der Waals surface area contributed by atoms with Gasteiger partial charge in [0.05, 0.1) is 19.3 Å². The summed E-state index contributed by atoms with van der Waals surface area (Å²) in [6.07, 6.45) is 0.228. The van der Waals surface area contributed by atoms with Gasteiger partial charge in [-0.25, -0.2) is 0 Å². The quantitative estimate of drug-likeness (QED) is 0.618.